The molecule has 6 heteroatoms. The number of ether oxygens (including phenoxy) is 1. The van der Waals surface area contributed by atoms with Crippen molar-refractivity contribution in [2.75, 3.05) is 0 Å². The van der Waals surface area contributed by atoms with Crippen molar-refractivity contribution >= 4 is 37.9 Å². The van der Waals surface area contributed by atoms with Crippen LogP contribution in [0, 0.1) is 28.5 Å². The predicted molar refractivity (Wildman–Crippen MR) is 91.8 cm³/mol. The zero-order valence-corrected chi connectivity index (χ0v) is 14.9. The van der Waals surface area contributed by atoms with Crippen molar-refractivity contribution in [3.05, 3.63) is 67.9 Å². The second kappa shape index (κ2) is 7.92. The Bertz CT molecular complexity index is 811. The summed E-state index contributed by atoms with van der Waals surface area (Å²) in [5.74, 6) is 0.188. The molecule has 2 rings (SSSR count). The molecule has 0 heterocycles. The molecule has 0 saturated carbocycles. The molecule has 2 aromatic rings. The van der Waals surface area contributed by atoms with Gasteiger partial charge < -0.3 is 4.74 Å². The minimum atomic E-state index is -0.327. The monoisotopic (exact) mass is 434 g/mol. The van der Waals surface area contributed by atoms with Crippen LogP contribution >= 0.6 is 31.9 Å². The second-order valence-electron chi connectivity index (χ2n) is 4.48. The van der Waals surface area contributed by atoms with Gasteiger partial charge in [0.2, 0.25) is 0 Å². The Labute approximate surface area is 149 Å². The van der Waals surface area contributed by atoms with E-state index in [0.29, 0.717) is 25.8 Å². The lowest BCUT2D eigenvalue weighted by molar-refractivity contribution is 0.296. The quantitative estimate of drug-likeness (QED) is 0.607. The van der Waals surface area contributed by atoms with E-state index in [2.05, 4.69) is 31.9 Å². The van der Waals surface area contributed by atoms with Crippen molar-refractivity contribution in [1.29, 1.82) is 10.5 Å². The first kappa shape index (κ1) is 17.2. The highest BCUT2D eigenvalue weighted by molar-refractivity contribution is 9.11. The van der Waals surface area contributed by atoms with E-state index in [4.69, 9.17) is 15.3 Å². The van der Waals surface area contributed by atoms with Crippen LogP contribution in [0.3, 0.4) is 0 Å². The number of nitriles is 2. The lowest BCUT2D eigenvalue weighted by Crippen LogP contribution is -1.99. The van der Waals surface area contributed by atoms with Gasteiger partial charge in [-0.15, -0.1) is 0 Å². The van der Waals surface area contributed by atoms with Crippen LogP contribution in [0.4, 0.5) is 4.39 Å². The summed E-state index contributed by atoms with van der Waals surface area (Å²) >= 11 is 6.76. The van der Waals surface area contributed by atoms with E-state index in [0.717, 1.165) is 0 Å². The van der Waals surface area contributed by atoms with E-state index >= 15 is 0 Å². The van der Waals surface area contributed by atoms with E-state index < -0.39 is 0 Å². The van der Waals surface area contributed by atoms with Crippen LogP contribution in [-0.2, 0) is 6.61 Å². The molecule has 0 aliphatic rings. The molecule has 0 unspecified atom stereocenters. The molecule has 0 saturated heterocycles. The molecule has 0 bridgehead atoms. The summed E-state index contributed by atoms with van der Waals surface area (Å²) in [6, 6.07) is 13.4. The Kier molecular flexibility index (Phi) is 5.92. The zero-order valence-electron chi connectivity index (χ0n) is 11.7. The second-order valence-corrected chi connectivity index (χ2v) is 6.18. The average Bonchev–Trinajstić information content (AvgIpc) is 2.53. The van der Waals surface area contributed by atoms with E-state index in [-0.39, 0.29) is 18.0 Å². The van der Waals surface area contributed by atoms with Gasteiger partial charge in [0.25, 0.3) is 0 Å². The topological polar surface area (TPSA) is 56.8 Å². The minimum absolute atomic E-state index is 0.00354. The van der Waals surface area contributed by atoms with E-state index in [1.807, 2.05) is 0 Å². The number of benzene rings is 2. The Balaban J connectivity index is 2.25. The van der Waals surface area contributed by atoms with Crippen molar-refractivity contribution in [3.8, 4) is 17.9 Å². The molecule has 0 amide bonds. The summed E-state index contributed by atoms with van der Waals surface area (Å²) in [6.45, 7) is 0.0840. The maximum absolute atomic E-state index is 13.6. The van der Waals surface area contributed by atoms with Crippen molar-refractivity contribution in [3.63, 3.8) is 0 Å². The average molecular weight is 436 g/mol. The SMILES string of the molecule is N#CC(C#N)=Cc1cc(Br)c(OCc2ccccc2F)c(Br)c1. The van der Waals surface area contributed by atoms with Gasteiger partial charge in [-0.05, 0) is 61.7 Å². The van der Waals surface area contributed by atoms with E-state index in [1.54, 1.807) is 42.5 Å². The van der Waals surface area contributed by atoms with Gasteiger partial charge in [0.05, 0.1) is 8.95 Å². The van der Waals surface area contributed by atoms with Crippen molar-refractivity contribution < 1.29 is 9.13 Å². The van der Waals surface area contributed by atoms with Crippen LogP contribution < -0.4 is 4.74 Å². The van der Waals surface area contributed by atoms with Crippen molar-refractivity contribution in [1.82, 2.24) is 0 Å². The molecule has 3 nitrogen and oxygen atoms in total. The standard InChI is InChI=1S/C17H9Br2FN2O/c18-14-6-11(5-12(8-21)9-22)7-15(19)17(14)23-10-13-3-1-2-4-16(13)20/h1-7H,10H2. The van der Waals surface area contributed by atoms with Gasteiger partial charge in [0, 0.05) is 5.56 Å². The van der Waals surface area contributed by atoms with Gasteiger partial charge in [-0.25, -0.2) is 4.39 Å². The summed E-state index contributed by atoms with van der Waals surface area (Å²) in [7, 11) is 0. The summed E-state index contributed by atoms with van der Waals surface area (Å²) in [4.78, 5) is 0. The van der Waals surface area contributed by atoms with Gasteiger partial charge in [0.15, 0.2) is 0 Å². The number of allylic oxidation sites excluding steroid dienone is 1. The Morgan fingerprint density at radius 3 is 2.30 bits per heavy atom. The third-order valence-corrected chi connectivity index (χ3v) is 4.08. The smallest absolute Gasteiger partial charge is 0.148 e. The largest absolute Gasteiger partial charge is 0.486 e. The highest BCUT2D eigenvalue weighted by Crippen LogP contribution is 2.36. The predicted octanol–water partition coefficient (Wildman–Crippen LogP) is 5.36. The number of halogens is 3. The molecular formula is C17H9Br2FN2O. The maximum Gasteiger partial charge on any atom is 0.148 e. The molecule has 0 aliphatic carbocycles. The molecule has 2 aromatic carbocycles. The molecule has 0 aromatic heterocycles. The number of hydrogen-bond donors (Lipinski definition) is 0. The fourth-order valence-electron chi connectivity index (χ4n) is 1.82. The number of hydrogen-bond acceptors (Lipinski definition) is 3. The zero-order chi connectivity index (χ0) is 16.8. The van der Waals surface area contributed by atoms with Crippen LogP contribution in [0.25, 0.3) is 6.08 Å². The summed E-state index contributed by atoms with van der Waals surface area (Å²) in [5, 5.41) is 17.6. The molecule has 0 N–H and O–H groups in total. The Hall–Kier alpha value is -2.15. The first-order chi connectivity index (χ1) is 11.0. The van der Waals surface area contributed by atoms with Crippen LogP contribution in [-0.4, -0.2) is 0 Å². The normalized spacial score (nSPS) is 9.61. The Morgan fingerprint density at radius 1 is 1.13 bits per heavy atom. The van der Waals surface area contributed by atoms with Gasteiger partial charge in [-0.1, -0.05) is 18.2 Å². The fraction of sp³-hybridized carbons (Fsp3) is 0.0588. The summed E-state index contributed by atoms with van der Waals surface area (Å²) < 4.78 is 20.5. The van der Waals surface area contributed by atoms with Crippen LogP contribution in [0.1, 0.15) is 11.1 Å². The van der Waals surface area contributed by atoms with Gasteiger partial charge in [-0.3, -0.25) is 0 Å². The maximum atomic E-state index is 13.6. The molecule has 0 radical (unpaired) electrons. The molecule has 114 valence electrons. The van der Waals surface area contributed by atoms with Crippen LogP contribution in [0.5, 0.6) is 5.75 Å². The minimum Gasteiger partial charge on any atom is -0.486 e. The van der Waals surface area contributed by atoms with Crippen LogP contribution in [0.15, 0.2) is 50.9 Å². The number of nitrogens with zero attached hydrogens (tertiary/aromatic N) is 2. The molecule has 0 spiro atoms. The fourth-order valence-corrected chi connectivity index (χ4v) is 3.27. The highest BCUT2D eigenvalue weighted by atomic mass is 79.9. The molecule has 0 fully saturated rings. The molecule has 0 atom stereocenters. The lowest BCUT2D eigenvalue weighted by Gasteiger charge is -2.12. The molecular weight excluding hydrogens is 427 g/mol. The van der Waals surface area contributed by atoms with Gasteiger partial charge in [-0.2, -0.15) is 10.5 Å². The Morgan fingerprint density at radius 2 is 1.74 bits per heavy atom. The number of rotatable bonds is 4. The first-order valence-corrected chi connectivity index (χ1v) is 8.01. The lowest BCUT2D eigenvalue weighted by atomic mass is 10.1. The van der Waals surface area contributed by atoms with Crippen molar-refractivity contribution in [2.24, 2.45) is 0 Å². The van der Waals surface area contributed by atoms with Gasteiger partial charge >= 0.3 is 0 Å². The third kappa shape index (κ3) is 4.41. The van der Waals surface area contributed by atoms with E-state index in [1.165, 1.54) is 12.1 Å². The molecule has 0 aliphatic heterocycles. The first-order valence-electron chi connectivity index (χ1n) is 6.42. The summed E-state index contributed by atoms with van der Waals surface area (Å²) in [6.07, 6.45) is 1.47. The van der Waals surface area contributed by atoms with Crippen molar-refractivity contribution in [2.45, 2.75) is 6.61 Å². The molecule has 23 heavy (non-hydrogen) atoms. The van der Waals surface area contributed by atoms with Crippen LogP contribution in [0.2, 0.25) is 0 Å². The van der Waals surface area contributed by atoms with E-state index in [9.17, 15) is 4.39 Å². The van der Waals surface area contributed by atoms with Gasteiger partial charge in [0.1, 0.15) is 35.9 Å². The highest BCUT2D eigenvalue weighted by Gasteiger charge is 2.10. The summed E-state index contributed by atoms with van der Waals surface area (Å²) in [5.41, 5.74) is 1.12. The third-order valence-electron chi connectivity index (χ3n) is 2.90.